The topological polar surface area (TPSA) is 62.7 Å². The summed E-state index contributed by atoms with van der Waals surface area (Å²) in [6, 6.07) is 5.72. The molecule has 1 heterocycles. The van der Waals surface area contributed by atoms with Crippen molar-refractivity contribution < 1.29 is 14.6 Å². The number of aromatic nitrogens is 1. The zero-order chi connectivity index (χ0) is 15.0. The van der Waals surface area contributed by atoms with Gasteiger partial charge in [0.25, 0.3) is 7.48 Å². The predicted molar refractivity (Wildman–Crippen MR) is 78.5 cm³/mol. The maximum absolute atomic E-state index is 11.8. The van der Waals surface area contributed by atoms with E-state index in [0.717, 1.165) is 13.2 Å². The van der Waals surface area contributed by atoms with E-state index in [1.165, 1.54) is 4.90 Å². The fourth-order valence-electron chi connectivity index (χ4n) is 1.59. The second-order valence-corrected chi connectivity index (χ2v) is 5.60. The van der Waals surface area contributed by atoms with Crippen LogP contribution in [-0.2, 0) is 11.2 Å². The molecular weight excluding hydrogens is 255 g/mol. The molecule has 0 atom stereocenters. The summed E-state index contributed by atoms with van der Waals surface area (Å²) >= 11 is 0. The monoisotopic (exact) mass is 277 g/mol. The Hall–Kier alpha value is -1.56. The lowest BCUT2D eigenvalue weighted by Crippen LogP contribution is -2.33. The van der Waals surface area contributed by atoms with Crippen molar-refractivity contribution in [1.29, 1.82) is 0 Å². The van der Waals surface area contributed by atoms with Crippen molar-refractivity contribution in [2.75, 3.05) is 20.2 Å². The molecule has 109 valence electrons. The van der Waals surface area contributed by atoms with E-state index in [1.807, 2.05) is 32.0 Å². The van der Waals surface area contributed by atoms with Gasteiger partial charge >= 0.3 is 6.09 Å². The molecule has 5 nitrogen and oxygen atoms in total. The maximum atomic E-state index is 11.8. The highest BCUT2D eigenvalue weighted by Crippen LogP contribution is 2.20. The fraction of sp³-hybridized carbons (Fsp3) is 0.571. The van der Waals surface area contributed by atoms with E-state index in [4.69, 9.17) is 9.76 Å². The Labute approximate surface area is 121 Å². The molecule has 1 rings (SSSR count). The summed E-state index contributed by atoms with van der Waals surface area (Å²) in [5.74, 6) is 0. The van der Waals surface area contributed by atoms with Crippen LogP contribution < -0.4 is 0 Å². The van der Waals surface area contributed by atoms with Crippen molar-refractivity contribution >= 4 is 13.6 Å². The van der Waals surface area contributed by atoms with Crippen molar-refractivity contribution in [2.45, 2.75) is 26.6 Å². The van der Waals surface area contributed by atoms with Crippen molar-refractivity contribution in [1.82, 2.24) is 9.88 Å². The summed E-state index contributed by atoms with van der Waals surface area (Å²) in [4.78, 5) is 17.6. The third-order valence-corrected chi connectivity index (χ3v) is 2.97. The van der Waals surface area contributed by atoms with E-state index < -0.39 is 0 Å². The van der Waals surface area contributed by atoms with E-state index in [2.05, 4.69) is 4.98 Å². The summed E-state index contributed by atoms with van der Waals surface area (Å²) in [5, 5.41) is 8.80. The van der Waals surface area contributed by atoms with Crippen LogP contribution in [0, 0.1) is 5.41 Å². The molecule has 0 unspecified atom stereocenters. The number of carbonyl (C=O) groups is 1. The van der Waals surface area contributed by atoms with Gasteiger partial charge in [0.05, 0.1) is 6.61 Å². The van der Waals surface area contributed by atoms with Crippen molar-refractivity contribution in [3.63, 3.8) is 0 Å². The van der Waals surface area contributed by atoms with Crippen molar-refractivity contribution in [3.8, 4) is 0 Å². The maximum Gasteiger partial charge on any atom is 0.409 e. The van der Waals surface area contributed by atoms with Gasteiger partial charge < -0.3 is 14.7 Å². The molecule has 0 aliphatic carbocycles. The van der Waals surface area contributed by atoms with Crippen molar-refractivity contribution in [2.24, 2.45) is 5.41 Å². The first-order valence-corrected chi connectivity index (χ1v) is 6.68. The summed E-state index contributed by atoms with van der Waals surface area (Å²) in [6.45, 7) is 4.70. The van der Waals surface area contributed by atoms with Gasteiger partial charge in [0.15, 0.2) is 0 Å². The lowest BCUT2D eigenvalue weighted by atomic mass is 9.76. The first-order valence-electron chi connectivity index (χ1n) is 6.68. The van der Waals surface area contributed by atoms with Gasteiger partial charge in [-0.3, -0.25) is 4.98 Å². The minimum absolute atomic E-state index is 0.258. The lowest BCUT2D eigenvalue weighted by molar-refractivity contribution is 0.0784. The number of hydrogen-bond donors (Lipinski definition) is 1. The van der Waals surface area contributed by atoms with Crippen LogP contribution >= 0.6 is 0 Å². The molecular formula is C14H22BN2O3. The molecule has 0 saturated carbocycles. The van der Waals surface area contributed by atoms with Crippen LogP contribution in [-0.4, -0.2) is 48.7 Å². The van der Waals surface area contributed by atoms with E-state index in [-0.39, 0.29) is 18.1 Å². The predicted octanol–water partition coefficient (Wildman–Crippen LogP) is 1.75. The van der Waals surface area contributed by atoms with E-state index in [0.29, 0.717) is 19.3 Å². The van der Waals surface area contributed by atoms with Gasteiger partial charge in [0, 0.05) is 31.9 Å². The Bertz CT molecular complexity index is 412. The highest BCUT2D eigenvalue weighted by atomic mass is 16.6. The molecule has 0 spiro atoms. The molecule has 6 heteroatoms. The Balaban J connectivity index is 2.32. The average molecular weight is 277 g/mol. The van der Waals surface area contributed by atoms with E-state index in [1.54, 1.807) is 13.2 Å². The number of pyridine rings is 1. The molecule has 1 amide bonds. The summed E-state index contributed by atoms with van der Waals surface area (Å²) in [7, 11) is 2.80. The molecule has 0 aliphatic heterocycles. The number of carbonyl (C=O) groups excluding carboxylic acids is 1. The number of hydrogen-bond acceptors (Lipinski definition) is 4. The first kappa shape index (κ1) is 16.5. The Morgan fingerprint density at radius 3 is 2.85 bits per heavy atom. The highest BCUT2D eigenvalue weighted by molar-refractivity contribution is 6.25. The van der Waals surface area contributed by atoms with Crippen LogP contribution in [0.3, 0.4) is 0 Å². The van der Waals surface area contributed by atoms with Gasteiger partial charge in [-0.05, 0) is 23.9 Å². The Morgan fingerprint density at radius 2 is 2.25 bits per heavy atom. The minimum atomic E-state index is -0.355. The highest BCUT2D eigenvalue weighted by Gasteiger charge is 2.21. The van der Waals surface area contributed by atoms with E-state index in [9.17, 15) is 4.79 Å². The summed E-state index contributed by atoms with van der Waals surface area (Å²) in [6.07, 6.45) is 2.56. The quantitative estimate of drug-likeness (QED) is 0.771. The van der Waals surface area contributed by atoms with Gasteiger partial charge in [-0.15, -0.1) is 0 Å². The van der Waals surface area contributed by atoms with Gasteiger partial charge in [-0.1, -0.05) is 19.9 Å². The fourth-order valence-corrected chi connectivity index (χ4v) is 1.59. The zero-order valence-corrected chi connectivity index (χ0v) is 12.4. The van der Waals surface area contributed by atoms with Crippen molar-refractivity contribution in [3.05, 3.63) is 30.1 Å². The molecule has 1 radical (unpaired) electrons. The summed E-state index contributed by atoms with van der Waals surface area (Å²) in [5.41, 5.74) is 0.689. The number of ether oxygens (including phenoxy) is 1. The third-order valence-electron chi connectivity index (χ3n) is 2.97. The van der Waals surface area contributed by atoms with Crippen LogP contribution in [0.5, 0.6) is 0 Å². The number of nitrogens with zero attached hydrogens (tertiary/aromatic N) is 2. The molecule has 0 aliphatic rings. The van der Waals surface area contributed by atoms with Crippen LogP contribution in [0.4, 0.5) is 4.79 Å². The minimum Gasteiger partial charge on any atom is -0.454 e. The second-order valence-electron chi connectivity index (χ2n) is 5.60. The number of rotatable bonds is 7. The van der Waals surface area contributed by atoms with Gasteiger partial charge in [-0.2, -0.15) is 0 Å². The number of amides is 1. The Morgan fingerprint density at radius 1 is 1.50 bits per heavy atom. The number of likely N-dealkylation sites (N-methyl/N-ethyl adjacent to an activating group) is 1. The third kappa shape index (κ3) is 6.06. The zero-order valence-electron chi connectivity index (χ0n) is 12.4. The molecule has 20 heavy (non-hydrogen) atoms. The van der Waals surface area contributed by atoms with Crippen LogP contribution in [0.15, 0.2) is 24.4 Å². The van der Waals surface area contributed by atoms with Crippen LogP contribution in [0.2, 0.25) is 6.32 Å². The lowest BCUT2D eigenvalue weighted by Gasteiger charge is -2.24. The molecule has 0 aromatic carbocycles. The normalized spacial score (nSPS) is 11.0. The van der Waals surface area contributed by atoms with Crippen LogP contribution in [0.1, 0.15) is 19.5 Å². The van der Waals surface area contributed by atoms with Crippen LogP contribution in [0.25, 0.3) is 0 Å². The standard InChI is InChI=1S/C14H22BN2O3/c1-14(2,10-15-19)11-20-13(18)17(3)9-7-12-6-4-5-8-16-12/h4-6,8,19H,7,9-11H2,1-3H3. The van der Waals surface area contributed by atoms with Gasteiger partial charge in [-0.25, -0.2) is 4.79 Å². The second kappa shape index (κ2) is 7.90. The largest absolute Gasteiger partial charge is 0.454 e. The SMILES string of the molecule is CN(CCc1ccccn1)C(=O)OCC(C)(C)C[B]O. The summed E-state index contributed by atoms with van der Waals surface area (Å²) < 4.78 is 5.25. The molecule has 1 aromatic heterocycles. The first-order chi connectivity index (χ1) is 9.44. The smallest absolute Gasteiger partial charge is 0.409 e. The Kier molecular flexibility index (Phi) is 6.51. The molecule has 0 bridgehead atoms. The molecule has 0 fully saturated rings. The molecule has 0 saturated heterocycles. The molecule has 1 aromatic rings. The average Bonchev–Trinajstić information content (AvgIpc) is 2.43. The van der Waals surface area contributed by atoms with Gasteiger partial charge in [0.2, 0.25) is 0 Å². The van der Waals surface area contributed by atoms with E-state index >= 15 is 0 Å². The molecule has 1 N–H and O–H groups in total. The van der Waals surface area contributed by atoms with Gasteiger partial charge in [0.1, 0.15) is 0 Å².